The average molecular weight is 487 g/mol. The molecule has 6 nitrogen and oxygen atoms in total. The van der Waals surface area contributed by atoms with Crippen molar-refractivity contribution in [2.75, 3.05) is 36.5 Å². The summed E-state index contributed by atoms with van der Waals surface area (Å²) in [4.78, 5) is 20.9. The topological polar surface area (TPSA) is 77.5 Å². The van der Waals surface area contributed by atoms with Crippen LogP contribution in [0.15, 0.2) is 48.5 Å². The molecule has 180 valence electrons. The molecule has 1 saturated heterocycles. The molecule has 2 aromatic heterocycles. The normalized spacial score (nSPS) is 18.9. The minimum Gasteiger partial charge on any atom is -0.396 e. The first-order valence-electron chi connectivity index (χ1n) is 12.5. The summed E-state index contributed by atoms with van der Waals surface area (Å²) in [5.41, 5.74) is 5.16. The van der Waals surface area contributed by atoms with Crippen LogP contribution in [-0.2, 0) is 0 Å². The van der Waals surface area contributed by atoms with E-state index in [1.165, 1.54) is 17.0 Å². The van der Waals surface area contributed by atoms with Gasteiger partial charge in [0.05, 0.1) is 16.9 Å². The van der Waals surface area contributed by atoms with E-state index in [1.807, 2.05) is 6.92 Å². The van der Waals surface area contributed by atoms with Gasteiger partial charge in [0.25, 0.3) is 5.91 Å². The number of aromatic nitrogens is 1. The Hall–Kier alpha value is -3.16. The lowest BCUT2D eigenvalue weighted by atomic mass is 9.93. The van der Waals surface area contributed by atoms with Crippen LogP contribution in [0.25, 0.3) is 32.2 Å². The van der Waals surface area contributed by atoms with Crippen molar-refractivity contribution in [2.24, 2.45) is 5.92 Å². The van der Waals surface area contributed by atoms with Crippen molar-refractivity contribution in [3.63, 3.8) is 0 Å². The van der Waals surface area contributed by atoms with Crippen molar-refractivity contribution < 1.29 is 9.90 Å². The molecule has 0 radical (unpaired) electrons. The Labute approximate surface area is 209 Å². The predicted octanol–water partition coefficient (Wildman–Crippen LogP) is 5.26. The molecule has 4 heterocycles. The second-order valence-corrected chi connectivity index (χ2v) is 10.8. The molecule has 2 aromatic carbocycles. The molecule has 0 aliphatic carbocycles. The highest BCUT2D eigenvalue weighted by atomic mass is 32.1. The molecular formula is C28H30N4O2S. The minimum atomic E-state index is -0.00542. The molecule has 4 aromatic rings. The minimum absolute atomic E-state index is 0.00542. The van der Waals surface area contributed by atoms with Crippen molar-refractivity contribution in [1.82, 2.24) is 10.3 Å². The summed E-state index contributed by atoms with van der Waals surface area (Å²) in [6.07, 6.45) is 3.21. The molecule has 1 unspecified atom stereocenters. The summed E-state index contributed by atoms with van der Waals surface area (Å²) in [5, 5.41) is 17.9. The van der Waals surface area contributed by atoms with Crippen molar-refractivity contribution in [2.45, 2.75) is 32.2 Å². The maximum atomic E-state index is 12.7. The Morgan fingerprint density at radius 2 is 1.89 bits per heavy atom. The van der Waals surface area contributed by atoms with Crippen LogP contribution in [0.5, 0.6) is 0 Å². The average Bonchev–Trinajstić information content (AvgIpc) is 3.21. The number of carbonyl (C=O) groups excluding carboxylic acids is 1. The first kappa shape index (κ1) is 22.3. The second kappa shape index (κ2) is 9.13. The van der Waals surface area contributed by atoms with Crippen LogP contribution in [-0.4, -0.2) is 48.3 Å². The number of piperidine rings is 1. The largest absolute Gasteiger partial charge is 0.396 e. The van der Waals surface area contributed by atoms with Gasteiger partial charge >= 0.3 is 0 Å². The third-order valence-electron chi connectivity index (χ3n) is 7.37. The Bertz CT molecular complexity index is 1390. The van der Waals surface area contributed by atoms with E-state index in [1.54, 1.807) is 0 Å². The zero-order valence-corrected chi connectivity index (χ0v) is 20.7. The molecule has 2 aliphatic rings. The highest BCUT2D eigenvalue weighted by molar-refractivity contribution is 7.21. The van der Waals surface area contributed by atoms with E-state index in [2.05, 4.69) is 64.1 Å². The molecule has 1 amide bonds. The lowest BCUT2D eigenvalue weighted by Gasteiger charge is -2.33. The smallest absolute Gasteiger partial charge is 0.263 e. The van der Waals surface area contributed by atoms with Gasteiger partial charge in [-0.2, -0.15) is 0 Å². The lowest BCUT2D eigenvalue weighted by Crippen LogP contribution is -2.34. The highest BCUT2D eigenvalue weighted by Crippen LogP contribution is 2.41. The van der Waals surface area contributed by atoms with Crippen LogP contribution < -0.4 is 15.5 Å². The van der Waals surface area contributed by atoms with Crippen LogP contribution in [0.4, 0.5) is 11.4 Å². The van der Waals surface area contributed by atoms with Gasteiger partial charge in [-0.25, -0.2) is 4.98 Å². The van der Waals surface area contributed by atoms with E-state index in [9.17, 15) is 9.90 Å². The zero-order valence-electron chi connectivity index (χ0n) is 19.9. The van der Waals surface area contributed by atoms with Gasteiger partial charge in [0.15, 0.2) is 0 Å². The van der Waals surface area contributed by atoms with Gasteiger partial charge in [-0.3, -0.25) is 4.79 Å². The predicted molar refractivity (Wildman–Crippen MR) is 145 cm³/mol. The van der Waals surface area contributed by atoms with Crippen molar-refractivity contribution in [3.8, 4) is 11.3 Å². The fourth-order valence-corrected chi connectivity index (χ4v) is 6.49. The molecule has 3 N–H and O–H groups in total. The number of nitrogens with one attached hydrogen (secondary N) is 2. The Morgan fingerprint density at radius 3 is 2.66 bits per heavy atom. The molecule has 0 saturated carbocycles. The van der Waals surface area contributed by atoms with E-state index in [-0.39, 0.29) is 11.9 Å². The monoisotopic (exact) mass is 486 g/mol. The van der Waals surface area contributed by atoms with E-state index in [0.717, 1.165) is 75.2 Å². The van der Waals surface area contributed by atoms with Gasteiger partial charge in [-0.1, -0.05) is 12.1 Å². The summed E-state index contributed by atoms with van der Waals surface area (Å²) in [6.45, 7) is 5.11. The van der Waals surface area contributed by atoms with Crippen LogP contribution in [0.2, 0.25) is 0 Å². The summed E-state index contributed by atoms with van der Waals surface area (Å²) < 4.78 is 1.10. The van der Waals surface area contributed by atoms with E-state index < -0.39 is 0 Å². The van der Waals surface area contributed by atoms with Gasteiger partial charge in [-0.15, -0.1) is 11.3 Å². The standard InChI is InChI=1S/C28H30N4O2S/c1-17-16-29-26-25-21-6-7-22(31-23(21)8-9-24(25)35-27(26)28(34)30-17)19-2-4-20(5-3-19)32-13-10-18(11-14-32)12-15-33/h2-9,17-18,29,33H,10-16H2,1H3,(H,30,34). The first-order chi connectivity index (χ1) is 17.1. The Balaban J connectivity index is 1.29. The molecule has 1 atom stereocenters. The van der Waals surface area contributed by atoms with Crippen LogP contribution in [0.3, 0.4) is 0 Å². The number of aliphatic hydroxyl groups excluding tert-OH is 1. The fraction of sp³-hybridized carbons (Fsp3) is 0.357. The molecule has 6 rings (SSSR count). The number of fused-ring (bicyclic) bond motifs is 5. The number of benzene rings is 2. The summed E-state index contributed by atoms with van der Waals surface area (Å²) in [7, 11) is 0. The van der Waals surface area contributed by atoms with Crippen molar-refractivity contribution >= 4 is 49.6 Å². The number of anilines is 2. The number of rotatable bonds is 4. The number of hydrogen-bond donors (Lipinski definition) is 3. The number of thiophene rings is 1. The van der Waals surface area contributed by atoms with Crippen LogP contribution in [0.1, 0.15) is 35.9 Å². The van der Waals surface area contributed by atoms with Crippen LogP contribution in [0, 0.1) is 5.92 Å². The number of carbonyl (C=O) groups is 1. The molecular weight excluding hydrogens is 456 g/mol. The molecule has 0 bridgehead atoms. The maximum Gasteiger partial charge on any atom is 0.263 e. The lowest BCUT2D eigenvalue weighted by molar-refractivity contribution is 0.0949. The molecule has 2 aliphatic heterocycles. The molecule has 1 fully saturated rings. The summed E-state index contributed by atoms with van der Waals surface area (Å²) in [5.74, 6) is 0.643. The number of aliphatic hydroxyl groups is 1. The third-order valence-corrected chi connectivity index (χ3v) is 8.52. The van der Waals surface area contributed by atoms with Crippen molar-refractivity contribution in [1.29, 1.82) is 0 Å². The Morgan fingerprint density at radius 1 is 1.09 bits per heavy atom. The Kier molecular flexibility index (Phi) is 5.82. The second-order valence-electron chi connectivity index (χ2n) is 9.75. The van der Waals surface area contributed by atoms with E-state index in [0.29, 0.717) is 19.1 Å². The van der Waals surface area contributed by atoms with Gasteiger partial charge in [0, 0.05) is 59.0 Å². The molecule has 35 heavy (non-hydrogen) atoms. The van der Waals surface area contributed by atoms with Crippen molar-refractivity contribution in [3.05, 3.63) is 53.4 Å². The summed E-state index contributed by atoms with van der Waals surface area (Å²) >= 11 is 1.54. The quantitative estimate of drug-likeness (QED) is 0.367. The number of hydrogen-bond acceptors (Lipinski definition) is 6. The van der Waals surface area contributed by atoms with E-state index >= 15 is 0 Å². The van der Waals surface area contributed by atoms with E-state index in [4.69, 9.17) is 4.98 Å². The number of pyridine rings is 1. The van der Waals surface area contributed by atoms with Gasteiger partial charge in [-0.05, 0) is 68.5 Å². The zero-order chi connectivity index (χ0) is 23.9. The molecule has 7 heteroatoms. The number of nitrogens with zero attached hydrogens (tertiary/aromatic N) is 2. The van der Waals surface area contributed by atoms with Gasteiger partial charge in [0.1, 0.15) is 4.88 Å². The fourth-order valence-electron chi connectivity index (χ4n) is 5.39. The van der Waals surface area contributed by atoms with Gasteiger partial charge in [0.2, 0.25) is 0 Å². The molecule has 0 spiro atoms. The number of amides is 1. The van der Waals surface area contributed by atoms with Crippen LogP contribution >= 0.6 is 11.3 Å². The highest BCUT2D eigenvalue weighted by Gasteiger charge is 2.25. The summed E-state index contributed by atoms with van der Waals surface area (Å²) in [6, 6.07) is 17.2. The van der Waals surface area contributed by atoms with Gasteiger partial charge < -0.3 is 20.6 Å². The SMILES string of the molecule is CC1CNc2c(sc3ccc4nc(-c5ccc(N6CCC(CCO)CC6)cc5)ccc4c23)C(=O)N1. The maximum absolute atomic E-state index is 12.7. The first-order valence-corrected chi connectivity index (χ1v) is 13.3. The third kappa shape index (κ3) is 4.13.